The van der Waals surface area contributed by atoms with Crippen molar-refractivity contribution in [3.63, 3.8) is 0 Å². The van der Waals surface area contributed by atoms with E-state index < -0.39 is 48.1 Å². The topological polar surface area (TPSA) is 215 Å². The second-order valence-electron chi connectivity index (χ2n) is 15.1. The lowest BCUT2D eigenvalue weighted by molar-refractivity contribution is -0.142. The molecule has 6 N–H and O–H groups in total. The molecule has 1 aliphatic rings. The van der Waals surface area contributed by atoms with E-state index in [0.29, 0.717) is 44.3 Å². The average Bonchev–Trinajstić information content (AvgIpc) is 3.26. The van der Waals surface area contributed by atoms with Crippen molar-refractivity contribution in [1.82, 2.24) is 10.2 Å². The lowest BCUT2D eigenvalue weighted by Gasteiger charge is -2.32. The van der Waals surface area contributed by atoms with Gasteiger partial charge in [-0.05, 0) is 71.5 Å². The number of benzene rings is 4. The third kappa shape index (κ3) is 11.9. The molecule has 0 aromatic heterocycles. The van der Waals surface area contributed by atoms with Gasteiger partial charge in [0.05, 0.1) is 12.1 Å². The number of carbonyl (C=O) groups is 5. The Morgan fingerprint density at radius 3 is 2.11 bits per heavy atom. The molecule has 1 aliphatic heterocycles. The number of halogens is 1. The van der Waals surface area contributed by atoms with Crippen LogP contribution in [0.1, 0.15) is 66.6 Å². The van der Waals surface area contributed by atoms with Gasteiger partial charge in [0.25, 0.3) is 0 Å². The molecule has 0 radical (unpaired) electrons. The fraction of sp³-hybridized carbons (Fsp3) is 0.362. The molecule has 14 heteroatoms. The summed E-state index contributed by atoms with van der Waals surface area (Å²) in [5.41, 5.74) is 15.9. The van der Waals surface area contributed by atoms with E-state index in [1.807, 2.05) is 36.4 Å². The number of carbonyl (C=O) groups excluding carboxylic acids is 5. The number of ketones is 3. The largest absolute Gasteiger partial charge is 0.492 e. The number of nitriles is 1. The number of aliphatic hydroxyl groups excluding tert-OH is 1. The average molecular weight is 850 g/mol. The summed E-state index contributed by atoms with van der Waals surface area (Å²) in [5.74, 6) is -3.34. The number of rotatable bonds is 17. The number of hydrogen-bond acceptors (Lipinski definition) is 11. The van der Waals surface area contributed by atoms with E-state index in [-0.39, 0.29) is 76.4 Å². The van der Waals surface area contributed by atoms with Crippen LogP contribution in [0.2, 0.25) is 5.02 Å². The first-order valence-corrected chi connectivity index (χ1v) is 20.7. The SMILES string of the molecule is C[C@@H]1CC(=O)[C@@H](N(C)C(=O)[C@H](CCO)CC(=O)c2ccc(-c3ccc(Cl)cc3)cc2)c2ccc(OCCN)c(c2)-c2cc(ccc2OCCN)C[C@@H](C(=O)CCC#N)NC1=O. The minimum Gasteiger partial charge on any atom is -0.492 e. The summed E-state index contributed by atoms with van der Waals surface area (Å²) < 4.78 is 12.2. The molecule has 5 rings (SSSR count). The summed E-state index contributed by atoms with van der Waals surface area (Å²) in [6.07, 6.45) is -0.627. The number of likely N-dealkylation sites (N-methyl/N-ethyl adjacent to an activating group) is 1. The molecule has 0 unspecified atom stereocenters. The maximum Gasteiger partial charge on any atom is 0.226 e. The number of hydrogen-bond donors (Lipinski definition) is 4. The molecule has 0 saturated heterocycles. The van der Waals surface area contributed by atoms with E-state index in [2.05, 4.69) is 5.32 Å². The van der Waals surface area contributed by atoms with E-state index >= 15 is 0 Å². The molecule has 2 amide bonds. The molecule has 4 aromatic rings. The molecular weight excluding hydrogens is 798 g/mol. The molecule has 4 atom stereocenters. The zero-order valence-corrected chi connectivity index (χ0v) is 35.2. The van der Waals surface area contributed by atoms with Crippen molar-refractivity contribution in [3.05, 3.63) is 107 Å². The van der Waals surface area contributed by atoms with Crippen LogP contribution in [0.15, 0.2) is 84.9 Å². The fourth-order valence-corrected chi connectivity index (χ4v) is 7.55. The highest BCUT2D eigenvalue weighted by molar-refractivity contribution is 6.30. The molecular formula is C47H52ClN5O8. The minimum absolute atomic E-state index is 0.0352. The Morgan fingerprint density at radius 2 is 1.51 bits per heavy atom. The summed E-state index contributed by atoms with van der Waals surface area (Å²) in [6, 6.07) is 24.4. The summed E-state index contributed by atoms with van der Waals surface area (Å²) in [5, 5.41) is 22.7. The number of nitrogens with one attached hydrogen (secondary N) is 1. The molecule has 0 spiro atoms. The summed E-state index contributed by atoms with van der Waals surface area (Å²) in [4.78, 5) is 71.3. The highest BCUT2D eigenvalue weighted by atomic mass is 35.5. The highest BCUT2D eigenvalue weighted by Gasteiger charge is 2.36. The van der Waals surface area contributed by atoms with Gasteiger partial charge in [-0.2, -0.15) is 5.26 Å². The van der Waals surface area contributed by atoms with Crippen LogP contribution in [0.3, 0.4) is 0 Å². The first kappa shape index (κ1) is 46.2. The molecule has 0 fully saturated rings. The number of Topliss-reactive ketones (excluding diaryl/α,β-unsaturated/α-hetero) is 3. The van der Waals surface area contributed by atoms with E-state index in [1.54, 1.807) is 61.5 Å². The first-order chi connectivity index (χ1) is 29.4. The van der Waals surface area contributed by atoms with Crippen molar-refractivity contribution < 1.29 is 38.6 Å². The molecule has 0 aliphatic carbocycles. The van der Waals surface area contributed by atoms with Crippen LogP contribution >= 0.6 is 11.6 Å². The Hall–Kier alpha value is -5.91. The van der Waals surface area contributed by atoms with Gasteiger partial charge in [0.2, 0.25) is 11.8 Å². The maximum absolute atomic E-state index is 14.6. The smallest absolute Gasteiger partial charge is 0.226 e. The zero-order valence-electron chi connectivity index (χ0n) is 34.4. The van der Waals surface area contributed by atoms with Crippen LogP contribution in [-0.4, -0.2) is 85.2 Å². The number of ether oxygens (including phenoxy) is 2. The highest BCUT2D eigenvalue weighted by Crippen LogP contribution is 2.41. The number of nitrogens with two attached hydrogens (primary N) is 2. The lowest BCUT2D eigenvalue weighted by atomic mass is 9.88. The van der Waals surface area contributed by atoms with Crippen LogP contribution in [0.5, 0.6) is 11.5 Å². The van der Waals surface area contributed by atoms with Gasteiger partial charge in [0.15, 0.2) is 17.3 Å². The number of aliphatic hydroxyl groups is 1. The quantitative estimate of drug-likeness (QED) is 0.0956. The minimum atomic E-state index is -1.26. The van der Waals surface area contributed by atoms with Crippen molar-refractivity contribution in [1.29, 1.82) is 5.26 Å². The Morgan fingerprint density at radius 1 is 0.902 bits per heavy atom. The Labute approximate surface area is 361 Å². The van der Waals surface area contributed by atoms with Gasteiger partial charge in [0, 0.05) is 86.0 Å². The van der Waals surface area contributed by atoms with Crippen LogP contribution in [0, 0.1) is 23.2 Å². The van der Waals surface area contributed by atoms with Crippen molar-refractivity contribution in [2.45, 2.75) is 57.5 Å². The van der Waals surface area contributed by atoms with Gasteiger partial charge in [0.1, 0.15) is 30.8 Å². The van der Waals surface area contributed by atoms with Gasteiger partial charge in [-0.15, -0.1) is 0 Å². The Kier molecular flexibility index (Phi) is 16.7. The predicted molar refractivity (Wildman–Crippen MR) is 232 cm³/mol. The fourth-order valence-electron chi connectivity index (χ4n) is 7.43. The van der Waals surface area contributed by atoms with Gasteiger partial charge < -0.3 is 36.3 Å². The second-order valence-corrected chi connectivity index (χ2v) is 15.5. The van der Waals surface area contributed by atoms with E-state index in [1.165, 1.54) is 11.9 Å². The summed E-state index contributed by atoms with van der Waals surface area (Å²) in [6.45, 7) is 1.92. The maximum atomic E-state index is 14.6. The van der Waals surface area contributed by atoms with E-state index in [4.69, 9.17) is 32.5 Å². The van der Waals surface area contributed by atoms with Crippen LogP contribution in [-0.2, 0) is 25.6 Å². The van der Waals surface area contributed by atoms with Gasteiger partial charge in [-0.25, -0.2) is 0 Å². The Bertz CT molecular complexity index is 2240. The van der Waals surface area contributed by atoms with Crippen molar-refractivity contribution >= 4 is 40.8 Å². The second kappa shape index (κ2) is 22.1. The molecule has 4 bridgehead atoms. The number of nitrogens with zero attached hydrogens (tertiary/aromatic N) is 2. The first-order valence-electron chi connectivity index (χ1n) is 20.3. The monoisotopic (exact) mass is 849 g/mol. The normalized spacial score (nSPS) is 17.0. The molecule has 4 aromatic carbocycles. The van der Waals surface area contributed by atoms with Gasteiger partial charge in [-0.1, -0.05) is 67.1 Å². The summed E-state index contributed by atoms with van der Waals surface area (Å²) >= 11 is 6.05. The summed E-state index contributed by atoms with van der Waals surface area (Å²) in [7, 11) is 1.47. The third-order valence-electron chi connectivity index (χ3n) is 10.7. The molecule has 13 nitrogen and oxygen atoms in total. The standard InChI is InChI=1S/C47H52ClN5O8/c1-29-24-42(57)45(53(2)47(59)35(17-21-54)28-41(56)33-8-6-31(7-9-33)32-10-13-36(48)14-11-32)34-12-16-44(61-23-20-51)38(27-34)37-25-30(5-15-43(37)60-22-19-50)26-39(52-46(29)58)40(55)4-3-18-49/h5-16,25,27,29,35,39,45,54H,3-4,17,19-24,26,28,50-51H2,1-2H3,(H,52,58)/t29-,35-,39+,45+/m1/s1. The van der Waals surface area contributed by atoms with Gasteiger partial charge in [-0.3, -0.25) is 24.0 Å². The number of amides is 2. The van der Waals surface area contributed by atoms with Crippen LogP contribution in [0.25, 0.3) is 22.3 Å². The third-order valence-corrected chi connectivity index (χ3v) is 10.9. The lowest BCUT2D eigenvalue weighted by Crippen LogP contribution is -2.45. The molecule has 0 saturated carbocycles. The van der Waals surface area contributed by atoms with E-state index in [9.17, 15) is 34.3 Å². The van der Waals surface area contributed by atoms with E-state index in [0.717, 1.165) is 11.1 Å². The molecule has 61 heavy (non-hydrogen) atoms. The molecule has 320 valence electrons. The van der Waals surface area contributed by atoms with Gasteiger partial charge >= 0.3 is 0 Å². The molecule has 1 heterocycles. The number of fused-ring (bicyclic) bond motifs is 5. The zero-order chi connectivity index (χ0) is 44.1. The van der Waals surface area contributed by atoms with Crippen LogP contribution < -0.4 is 26.3 Å². The Balaban J connectivity index is 1.57. The van der Waals surface area contributed by atoms with Crippen molar-refractivity contribution in [3.8, 4) is 39.8 Å². The van der Waals surface area contributed by atoms with Crippen LogP contribution in [0.4, 0.5) is 0 Å². The van der Waals surface area contributed by atoms with Crippen molar-refractivity contribution in [2.24, 2.45) is 23.3 Å². The predicted octanol–water partition coefficient (Wildman–Crippen LogP) is 5.63. The van der Waals surface area contributed by atoms with Crippen molar-refractivity contribution in [2.75, 3.05) is 40.0 Å².